The summed E-state index contributed by atoms with van der Waals surface area (Å²) < 4.78 is 65.5. The van der Waals surface area contributed by atoms with E-state index in [9.17, 15) is 68.5 Å². The van der Waals surface area contributed by atoms with Crippen LogP contribution < -0.4 is 26.5 Å². The molecular weight excluding hydrogens is 921 g/mol. The predicted molar refractivity (Wildman–Crippen MR) is 232 cm³/mol. The number of methoxy groups -OCH3 is 1. The molecule has 1 saturated carbocycles. The van der Waals surface area contributed by atoms with Gasteiger partial charge in [0.25, 0.3) is 10.1 Å². The summed E-state index contributed by atoms with van der Waals surface area (Å²) in [6.07, 6.45) is -19.7. The Morgan fingerprint density at radius 3 is 1.60 bits per heavy atom. The average Bonchev–Trinajstić information content (AvgIpc) is 3.31. The number of pyridine rings is 1. The van der Waals surface area contributed by atoms with Gasteiger partial charge in [-0.15, -0.1) is 0 Å². The number of benzene rings is 3. The fraction of sp³-hybridized carbons (Fsp3) is 0.432. The number of aromatic carboxylic acids is 2. The van der Waals surface area contributed by atoms with Crippen LogP contribution in [0.15, 0.2) is 83.8 Å². The molecule has 3 fully saturated rings. The molecule has 0 radical (unpaired) electrons. The van der Waals surface area contributed by atoms with E-state index in [1.54, 1.807) is 16.7 Å². The van der Waals surface area contributed by atoms with Gasteiger partial charge in [0.1, 0.15) is 71.7 Å². The van der Waals surface area contributed by atoms with Crippen LogP contribution in [0.5, 0.6) is 5.75 Å². The molecule has 1 aromatic heterocycles. The second kappa shape index (κ2) is 20.5. The van der Waals surface area contributed by atoms with Crippen molar-refractivity contribution >= 4 is 22.1 Å². The molecule has 68 heavy (non-hydrogen) atoms. The minimum atomic E-state index is -4.83. The number of carboxylic acid groups (broad SMARTS) is 2. The third kappa shape index (κ3) is 10.3. The molecule has 1 aliphatic carbocycles. The van der Waals surface area contributed by atoms with Gasteiger partial charge in [-0.05, 0) is 78.2 Å². The molecule has 3 heterocycles. The van der Waals surface area contributed by atoms with Crippen LogP contribution in [0.2, 0.25) is 0 Å². The van der Waals surface area contributed by atoms with E-state index in [1.807, 2.05) is 0 Å². The number of ether oxygens (including phenoxy) is 5. The summed E-state index contributed by atoms with van der Waals surface area (Å²) in [6, 6.07) is 14.9. The molecule has 368 valence electrons. The fourth-order valence-corrected chi connectivity index (χ4v) is 9.31. The maximum Gasteiger partial charge on any atom is 0.335 e. The monoisotopic (exact) mass is 973 g/mol. The number of carbonyl (C=O) groups is 2. The molecule has 0 amide bonds. The van der Waals surface area contributed by atoms with Crippen molar-refractivity contribution in [3.63, 3.8) is 0 Å². The highest BCUT2D eigenvalue weighted by Crippen LogP contribution is 2.36. The van der Waals surface area contributed by atoms with Crippen LogP contribution in [0.3, 0.4) is 0 Å². The highest BCUT2D eigenvalue weighted by Gasteiger charge is 2.52. The molecule has 2 saturated heterocycles. The largest absolute Gasteiger partial charge is 0.495 e. The first-order chi connectivity index (χ1) is 32.1. The lowest BCUT2D eigenvalue weighted by molar-refractivity contribution is -0.686. The molecule has 23 nitrogen and oxygen atoms in total. The SMILES string of the molecule is COc1ccc(-c2cc(-c3ccc(C(=O)O)cc3)[n+](CC3OC(OC4C(N)CC(N)C(OC5OC(CO)C(O)C(N)C5O)C4O)C(O)C(O)C3O)c(-c3ccc(C(=O)O)cc3)c2)cc1S(=O)(=O)O. The molecule has 0 bridgehead atoms. The van der Waals surface area contributed by atoms with Gasteiger partial charge < -0.3 is 86.8 Å². The first-order valence-electron chi connectivity index (χ1n) is 21.1. The van der Waals surface area contributed by atoms with E-state index >= 15 is 0 Å². The predicted octanol–water partition coefficient (Wildman–Crippen LogP) is -2.61. The summed E-state index contributed by atoms with van der Waals surface area (Å²) in [5.74, 6) is -2.62. The molecular formula is C44H53N4O19S+. The van der Waals surface area contributed by atoms with Gasteiger partial charge in [-0.3, -0.25) is 4.55 Å². The van der Waals surface area contributed by atoms with Gasteiger partial charge in [-0.1, -0.05) is 6.07 Å². The Hall–Kier alpha value is -5.10. The van der Waals surface area contributed by atoms with Crippen molar-refractivity contribution in [2.45, 2.75) is 110 Å². The zero-order valence-electron chi connectivity index (χ0n) is 36.0. The van der Waals surface area contributed by atoms with Crippen molar-refractivity contribution in [2.75, 3.05) is 13.7 Å². The van der Waals surface area contributed by atoms with Gasteiger partial charge in [-0.2, -0.15) is 13.0 Å². The standard InChI is InChI=1S/C44H52N4O19S/c1-63-28-11-10-22(14-31(28)68(60,61)62)23-12-26(18-2-6-20(7-3-18)41(56)57)48(27(13-23)19-4-8-21(9-5-19)42(58)59)16-29-34(51)36(53)37(54)44(64-29)67-40-25(46)15-24(45)39(38(40)55)66-43-35(52)32(47)33(50)30(17-49)65-43/h2-14,24-25,29-30,32-40,43-44,49-55H,15-17,45-47H2,1H3,(H2-,56,57,58,59,60,61,62)/p+1. The normalized spacial score (nSPS) is 32.1. The number of nitrogens with zero attached hydrogens (tertiary/aromatic N) is 1. The summed E-state index contributed by atoms with van der Waals surface area (Å²) >= 11 is 0. The smallest absolute Gasteiger partial charge is 0.335 e. The summed E-state index contributed by atoms with van der Waals surface area (Å²) in [5.41, 5.74) is 20.3. The Labute approximate surface area is 387 Å². The van der Waals surface area contributed by atoms with Crippen molar-refractivity contribution in [1.82, 2.24) is 0 Å². The number of aliphatic hydroxyl groups is 7. The summed E-state index contributed by atoms with van der Waals surface area (Å²) in [4.78, 5) is 23.2. The maximum atomic E-state index is 12.5. The van der Waals surface area contributed by atoms with Crippen LogP contribution in [0.4, 0.5) is 0 Å². The molecule has 3 aliphatic rings. The second-order valence-electron chi connectivity index (χ2n) is 16.8. The Kier molecular flexibility index (Phi) is 15.3. The van der Waals surface area contributed by atoms with E-state index in [2.05, 4.69) is 0 Å². The lowest BCUT2D eigenvalue weighted by atomic mass is 9.84. The van der Waals surface area contributed by atoms with Crippen LogP contribution in [0, 0.1) is 0 Å². The van der Waals surface area contributed by atoms with Gasteiger partial charge in [0.15, 0.2) is 19.1 Å². The number of aromatic nitrogens is 1. The summed E-state index contributed by atoms with van der Waals surface area (Å²) in [5, 5.41) is 96.0. The molecule has 16 N–H and O–H groups in total. The van der Waals surface area contributed by atoms with E-state index in [0.717, 1.165) is 0 Å². The number of hydrogen-bond acceptors (Lipinski definition) is 19. The van der Waals surface area contributed by atoms with Gasteiger partial charge in [0.05, 0.1) is 30.9 Å². The first-order valence-corrected chi connectivity index (χ1v) is 22.6. The zero-order chi connectivity index (χ0) is 49.5. The van der Waals surface area contributed by atoms with Crippen molar-refractivity contribution in [2.24, 2.45) is 17.2 Å². The fourth-order valence-electron chi connectivity index (χ4n) is 8.63. The van der Waals surface area contributed by atoms with E-state index < -0.39 is 132 Å². The summed E-state index contributed by atoms with van der Waals surface area (Å²) in [6.45, 7) is -1.09. The second-order valence-corrected chi connectivity index (χ2v) is 18.2. The highest BCUT2D eigenvalue weighted by atomic mass is 32.2. The van der Waals surface area contributed by atoms with Crippen LogP contribution >= 0.6 is 0 Å². The molecule has 15 atom stereocenters. The van der Waals surface area contributed by atoms with Crippen LogP contribution in [-0.4, -0.2) is 176 Å². The molecule has 2 aliphatic heterocycles. The van der Waals surface area contributed by atoms with Crippen LogP contribution in [0.25, 0.3) is 33.6 Å². The lowest BCUT2D eigenvalue weighted by Gasteiger charge is -2.48. The van der Waals surface area contributed by atoms with E-state index in [1.165, 1.54) is 73.8 Å². The third-order valence-corrected chi connectivity index (χ3v) is 13.3. The molecule has 0 spiro atoms. The lowest BCUT2D eigenvalue weighted by Crippen LogP contribution is -2.68. The number of aliphatic hydroxyl groups excluding tert-OH is 7. The van der Waals surface area contributed by atoms with E-state index in [4.69, 9.17) is 40.9 Å². The first kappa shape index (κ1) is 50.8. The van der Waals surface area contributed by atoms with E-state index in [0.29, 0.717) is 16.7 Å². The van der Waals surface area contributed by atoms with Gasteiger partial charge in [0.2, 0.25) is 11.4 Å². The average molecular weight is 974 g/mol. The summed E-state index contributed by atoms with van der Waals surface area (Å²) in [7, 11) is -3.62. The minimum absolute atomic E-state index is 0.0760. The maximum absolute atomic E-state index is 12.5. The number of rotatable bonds is 14. The molecule has 15 unspecified atom stereocenters. The molecule has 3 aromatic carbocycles. The topological polar surface area (TPSA) is 399 Å². The number of hydrogen-bond donors (Lipinski definition) is 13. The Morgan fingerprint density at radius 2 is 1.13 bits per heavy atom. The highest BCUT2D eigenvalue weighted by molar-refractivity contribution is 7.86. The van der Waals surface area contributed by atoms with Crippen molar-refractivity contribution in [3.8, 4) is 39.4 Å². The van der Waals surface area contributed by atoms with Crippen molar-refractivity contribution in [3.05, 3.63) is 90.0 Å². The van der Waals surface area contributed by atoms with Crippen LogP contribution in [0.1, 0.15) is 27.1 Å². The quantitative estimate of drug-likeness (QED) is 0.0455. The Morgan fingerprint density at radius 1 is 0.647 bits per heavy atom. The van der Waals surface area contributed by atoms with Crippen LogP contribution in [-0.2, 0) is 35.6 Å². The van der Waals surface area contributed by atoms with E-state index in [-0.39, 0.29) is 40.2 Å². The van der Waals surface area contributed by atoms with Gasteiger partial charge >= 0.3 is 11.9 Å². The van der Waals surface area contributed by atoms with Crippen molar-refractivity contribution < 1.29 is 96.8 Å². The Bertz CT molecular complexity index is 2490. The van der Waals surface area contributed by atoms with Gasteiger partial charge in [0, 0.05) is 35.3 Å². The molecule has 4 aromatic rings. The number of nitrogens with two attached hydrogens (primary N) is 3. The molecule has 7 rings (SSSR count). The third-order valence-electron chi connectivity index (χ3n) is 12.4. The van der Waals surface area contributed by atoms with Crippen molar-refractivity contribution in [1.29, 1.82) is 0 Å². The van der Waals surface area contributed by atoms with Gasteiger partial charge in [-0.25, -0.2) is 9.59 Å². The zero-order valence-corrected chi connectivity index (χ0v) is 36.8. The minimum Gasteiger partial charge on any atom is -0.495 e. The Balaban J connectivity index is 1.29. The number of carboxylic acids is 2. The molecule has 24 heteroatoms.